The summed E-state index contributed by atoms with van der Waals surface area (Å²) in [4.78, 5) is 14.0. The topological polar surface area (TPSA) is 32.3 Å². The molecule has 1 aromatic rings. The maximum Gasteiger partial charge on any atom is 0.228 e. The number of benzene rings is 1. The molecule has 0 aliphatic carbocycles. The minimum Gasteiger partial charge on any atom is -0.315 e. The fourth-order valence-corrected chi connectivity index (χ4v) is 2.36. The molecule has 1 saturated heterocycles. The molecule has 0 bridgehead atoms. The third-order valence-corrected chi connectivity index (χ3v) is 3.84. The Hall–Kier alpha value is -1.35. The Morgan fingerprint density at radius 1 is 1.39 bits per heavy atom. The number of rotatable bonds is 3. The van der Waals surface area contributed by atoms with E-state index in [4.69, 9.17) is 0 Å². The number of carbonyl (C=O) groups is 1. The molecule has 2 rings (SSSR count). The first kappa shape index (κ1) is 13.1. The number of nitrogens with zero attached hydrogens (tertiary/aromatic N) is 1. The molecule has 0 aromatic heterocycles. The summed E-state index contributed by atoms with van der Waals surface area (Å²) in [5.74, 6) is 0.192. The van der Waals surface area contributed by atoms with Crippen LogP contribution < -0.4 is 10.2 Å². The van der Waals surface area contributed by atoms with Crippen LogP contribution in [0.15, 0.2) is 18.2 Å². The van der Waals surface area contributed by atoms with E-state index in [1.165, 1.54) is 17.5 Å². The van der Waals surface area contributed by atoms with Gasteiger partial charge in [-0.15, -0.1) is 0 Å². The van der Waals surface area contributed by atoms with Gasteiger partial charge in [0.1, 0.15) is 0 Å². The second-order valence-electron chi connectivity index (χ2n) is 5.22. The van der Waals surface area contributed by atoms with Crippen molar-refractivity contribution >= 4 is 11.6 Å². The van der Waals surface area contributed by atoms with Crippen LogP contribution in [-0.4, -0.2) is 25.5 Å². The maximum atomic E-state index is 12.2. The molecule has 1 aromatic carbocycles. The maximum absolute atomic E-state index is 12.2. The van der Waals surface area contributed by atoms with E-state index < -0.39 is 0 Å². The Morgan fingerprint density at radius 3 is 2.78 bits per heavy atom. The predicted molar refractivity (Wildman–Crippen MR) is 75.0 cm³/mol. The number of hydrogen-bond donors (Lipinski definition) is 1. The first-order chi connectivity index (χ1) is 8.58. The van der Waals surface area contributed by atoms with Crippen LogP contribution in [0.25, 0.3) is 0 Å². The van der Waals surface area contributed by atoms with Crippen molar-refractivity contribution in [3.05, 3.63) is 29.3 Å². The number of aryl methyl sites for hydroxylation is 2. The van der Waals surface area contributed by atoms with Crippen molar-refractivity contribution in [1.82, 2.24) is 5.32 Å². The molecule has 18 heavy (non-hydrogen) atoms. The van der Waals surface area contributed by atoms with Crippen LogP contribution in [0.4, 0.5) is 5.69 Å². The highest BCUT2D eigenvalue weighted by Gasteiger charge is 2.20. The smallest absolute Gasteiger partial charge is 0.228 e. The Kier molecular flexibility index (Phi) is 4.02. The molecule has 1 amide bonds. The molecule has 0 spiro atoms. The van der Waals surface area contributed by atoms with Gasteiger partial charge in [-0.25, -0.2) is 0 Å². The van der Waals surface area contributed by atoms with Crippen LogP contribution in [0.3, 0.4) is 0 Å². The zero-order valence-corrected chi connectivity index (χ0v) is 11.5. The molecule has 1 unspecified atom stereocenters. The van der Waals surface area contributed by atoms with Crippen LogP contribution in [0.1, 0.15) is 30.4 Å². The highest BCUT2D eigenvalue weighted by molar-refractivity contribution is 5.93. The lowest BCUT2D eigenvalue weighted by Gasteiger charge is -2.20. The molecule has 1 fully saturated rings. The SMILES string of the molecule is Cc1ccc(N(C)C(=O)CC2CCCN2)cc1C. The summed E-state index contributed by atoms with van der Waals surface area (Å²) < 4.78 is 0. The van der Waals surface area contributed by atoms with Crippen molar-refractivity contribution in [2.24, 2.45) is 0 Å². The Morgan fingerprint density at radius 2 is 2.17 bits per heavy atom. The summed E-state index contributed by atoms with van der Waals surface area (Å²) in [6.45, 7) is 5.21. The van der Waals surface area contributed by atoms with Gasteiger partial charge in [-0.2, -0.15) is 0 Å². The molecule has 3 nitrogen and oxygen atoms in total. The van der Waals surface area contributed by atoms with E-state index in [-0.39, 0.29) is 5.91 Å². The quantitative estimate of drug-likeness (QED) is 0.888. The van der Waals surface area contributed by atoms with E-state index in [9.17, 15) is 4.79 Å². The Labute approximate surface area is 109 Å². The van der Waals surface area contributed by atoms with Gasteiger partial charge in [0.25, 0.3) is 0 Å². The summed E-state index contributed by atoms with van der Waals surface area (Å²) in [5.41, 5.74) is 3.48. The van der Waals surface area contributed by atoms with Gasteiger partial charge in [0.15, 0.2) is 0 Å². The summed E-state index contributed by atoms with van der Waals surface area (Å²) in [6.07, 6.45) is 2.90. The highest BCUT2D eigenvalue weighted by atomic mass is 16.2. The molecular formula is C15H22N2O. The van der Waals surface area contributed by atoms with E-state index in [2.05, 4.69) is 31.3 Å². The second-order valence-corrected chi connectivity index (χ2v) is 5.22. The first-order valence-corrected chi connectivity index (χ1v) is 6.65. The van der Waals surface area contributed by atoms with Gasteiger partial charge < -0.3 is 10.2 Å². The zero-order chi connectivity index (χ0) is 13.1. The standard InChI is InChI=1S/C15H22N2O/c1-11-6-7-14(9-12(11)2)17(3)15(18)10-13-5-4-8-16-13/h6-7,9,13,16H,4-5,8,10H2,1-3H3. The summed E-state index contributed by atoms with van der Waals surface area (Å²) in [7, 11) is 1.86. The van der Waals surface area contributed by atoms with Crippen LogP contribution in [-0.2, 0) is 4.79 Å². The highest BCUT2D eigenvalue weighted by Crippen LogP contribution is 2.19. The van der Waals surface area contributed by atoms with Gasteiger partial charge in [0.05, 0.1) is 0 Å². The zero-order valence-electron chi connectivity index (χ0n) is 11.5. The fourth-order valence-electron chi connectivity index (χ4n) is 2.36. The Balaban J connectivity index is 2.02. The van der Waals surface area contributed by atoms with Gasteiger partial charge in [-0.3, -0.25) is 4.79 Å². The average molecular weight is 246 g/mol. The number of hydrogen-bond acceptors (Lipinski definition) is 2. The predicted octanol–water partition coefficient (Wildman–Crippen LogP) is 2.41. The van der Waals surface area contributed by atoms with Gasteiger partial charge in [-0.1, -0.05) is 6.07 Å². The van der Waals surface area contributed by atoms with Crippen molar-refractivity contribution in [3.63, 3.8) is 0 Å². The lowest BCUT2D eigenvalue weighted by molar-refractivity contribution is -0.118. The van der Waals surface area contributed by atoms with E-state index in [1.54, 1.807) is 4.90 Å². The van der Waals surface area contributed by atoms with E-state index in [0.29, 0.717) is 12.5 Å². The minimum absolute atomic E-state index is 0.192. The number of amides is 1. The van der Waals surface area contributed by atoms with Gasteiger partial charge in [0, 0.05) is 25.2 Å². The van der Waals surface area contributed by atoms with Crippen molar-refractivity contribution in [1.29, 1.82) is 0 Å². The molecule has 1 heterocycles. The third kappa shape index (κ3) is 2.91. The second kappa shape index (κ2) is 5.53. The lowest BCUT2D eigenvalue weighted by atomic mass is 10.1. The van der Waals surface area contributed by atoms with Crippen LogP contribution in [0.5, 0.6) is 0 Å². The van der Waals surface area contributed by atoms with Crippen molar-refractivity contribution in [3.8, 4) is 0 Å². The molecule has 1 aliphatic rings. The number of carbonyl (C=O) groups excluding carboxylic acids is 1. The molecule has 1 aliphatic heterocycles. The summed E-state index contributed by atoms with van der Waals surface area (Å²) in [6, 6.07) is 6.53. The molecule has 1 atom stereocenters. The molecular weight excluding hydrogens is 224 g/mol. The largest absolute Gasteiger partial charge is 0.315 e. The van der Waals surface area contributed by atoms with Gasteiger partial charge in [0.2, 0.25) is 5.91 Å². The third-order valence-electron chi connectivity index (χ3n) is 3.84. The molecule has 0 saturated carbocycles. The van der Waals surface area contributed by atoms with E-state index >= 15 is 0 Å². The summed E-state index contributed by atoms with van der Waals surface area (Å²) in [5, 5.41) is 3.37. The molecule has 1 N–H and O–H groups in total. The molecule has 0 radical (unpaired) electrons. The summed E-state index contributed by atoms with van der Waals surface area (Å²) >= 11 is 0. The van der Waals surface area contributed by atoms with Crippen molar-refractivity contribution in [2.75, 3.05) is 18.5 Å². The van der Waals surface area contributed by atoms with E-state index in [0.717, 1.165) is 18.7 Å². The van der Waals surface area contributed by atoms with Crippen LogP contribution in [0, 0.1) is 13.8 Å². The lowest BCUT2D eigenvalue weighted by Crippen LogP contribution is -2.33. The van der Waals surface area contributed by atoms with Gasteiger partial charge >= 0.3 is 0 Å². The average Bonchev–Trinajstić information content (AvgIpc) is 2.84. The molecule has 98 valence electrons. The first-order valence-electron chi connectivity index (χ1n) is 6.65. The van der Waals surface area contributed by atoms with E-state index in [1.807, 2.05) is 13.1 Å². The van der Waals surface area contributed by atoms with Crippen molar-refractivity contribution < 1.29 is 4.79 Å². The van der Waals surface area contributed by atoms with Crippen LogP contribution in [0.2, 0.25) is 0 Å². The molecule has 3 heteroatoms. The van der Waals surface area contributed by atoms with Gasteiger partial charge in [-0.05, 0) is 56.5 Å². The fraction of sp³-hybridized carbons (Fsp3) is 0.533. The number of anilines is 1. The number of nitrogens with one attached hydrogen (secondary N) is 1. The van der Waals surface area contributed by atoms with Crippen molar-refractivity contribution in [2.45, 2.75) is 39.2 Å². The minimum atomic E-state index is 0.192. The van der Waals surface area contributed by atoms with Crippen LogP contribution >= 0.6 is 0 Å². The monoisotopic (exact) mass is 246 g/mol. The Bertz CT molecular complexity index is 436. The normalized spacial score (nSPS) is 18.9.